The molecule has 4 rings (SSSR count). The maximum atomic E-state index is 12.4. The van der Waals surface area contributed by atoms with E-state index in [0.717, 1.165) is 11.3 Å². The lowest BCUT2D eigenvalue weighted by atomic mass is 10.2. The largest absolute Gasteiger partial charge is 0.481 e. The van der Waals surface area contributed by atoms with Crippen LogP contribution >= 0.6 is 23.4 Å². The van der Waals surface area contributed by atoms with E-state index in [2.05, 4.69) is 20.7 Å². The number of para-hydroxylation sites is 1. The van der Waals surface area contributed by atoms with Crippen molar-refractivity contribution in [1.29, 1.82) is 0 Å². The third-order valence-corrected chi connectivity index (χ3v) is 5.93. The van der Waals surface area contributed by atoms with Crippen LogP contribution in [0.2, 0.25) is 5.02 Å². The first-order chi connectivity index (χ1) is 17.5. The van der Waals surface area contributed by atoms with Gasteiger partial charge in [0.25, 0.3) is 5.91 Å². The van der Waals surface area contributed by atoms with Crippen LogP contribution in [0.3, 0.4) is 0 Å². The molecule has 182 valence electrons. The number of hydrogen-bond acceptors (Lipinski definition) is 7. The van der Waals surface area contributed by atoms with Gasteiger partial charge in [-0.3, -0.25) is 9.36 Å². The van der Waals surface area contributed by atoms with E-state index in [1.54, 1.807) is 36.4 Å². The third-order valence-electron chi connectivity index (χ3n) is 4.75. The SMILES string of the molecule is O=C(O)COc1ccccc1/C=N/NC(=O)CSc1nnc(-c2ccccc2)n1-c1ccc(Cl)cc1. The monoisotopic (exact) mass is 521 g/mol. The fraction of sp³-hybridized carbons (Fsp3) is 0.0800. The molecule has 0 saturated heterocycles. The number of benzene rings is 3. The van der Waals surface area contributed by atoms with Crippen molar-refractivity contribution >= 4 is 41.5 Å². The Labute approximate surface area is 215 Å². The first-order valence-electron chi connectivity index (χ1n) is 10.7. The summed E-state index contributed by atoms with van der Waals surface area (Å²) < 4.78 is 7.09. The van der Waals surface area contributed by atoms with Crippen molar-refractivity contribution in [2.24, 2.45) is 5.10 Å². The standard InChI is InChI=1S/C25H20ClN5O4S/c26-19-10-12-20(13-11-19)31-24(17-6-2-1-3-7-17)29-30-25(31)36-16-22(32)28-27-14-18-8-4-5-9-21(18)35-15-23(33)34/h1-14H,15-16H2,(H,28,32)(H,33,34)/b27-14+. The van der Waals surface area contributed by atoms with Gasteiger partial charge in [-0.25, -0.2) is 10.2 Å². The Morgan fingerprint density at radius 1 is 1.03 bits per heavy atom. The second-order valence-corrected chi connectivity index (χ2v) is 8.67. The molecule has 11 heteroatoms. The molecule has 0 aliphatic carbocycles. The van der Waals surface area contributed by atoms with Crippen molar-refractivity contribution in [3.8, 4) is 22.8 Å². The third kappa shape index (κ3) is 6.49. The summed E-state index contributed by atoms with van der Waals surface area (Å²) in [7, 11) is 0. The molecule has 0 fully saturated rings. The average molecular weight is 522 g/mol. The fourth-order valence-electron chi connectivity index (χ4n) is 3.15. The number of halogens is 1. The Morgan fingerprint density at radius 2 is 1.75 bits per heavy atom. The molecule has 0 spiro atoms. The van der Waals surface area contributed by atoms with Crippen molar-refractivity contribution in [2.45, 2.75) is 5.16 Å². The summed E-state index contributed by atoms with van der Waals surface area (Å²) in [5, 5.41) is 22.5. The number of carboxylic acids is 1. The number of hydrazone groups is 1. The lowest BCUT2D eigenvalue weighted by Gasteiger charge is -2.10. The van der Waals surface area contributed by atoms with Gasteiger partial charge in [0.15, 0.2) is 17.6 Å². The minimum absolute atomic E-state index is 0.0367. The molecule has 0 unspecified atom stereocenters. The van der Waals surface area contributed by atoms with Gasteiger partial charge in [0.2, 0.25) is 0 Å². The summed E-state index contributed by atoms with van der Waals surface area (Å²) in [5.74, 6) is -0.427. The number of nitrogens with zero attached hydrogens (tertiary/aromatic N) is 4. The summed E-state index contributed by atoms with van der Waals surface area (Å²) in [5.41, 5.74) is 4.68. The van der Waals surface area contributed by atoms with Crippen LogP contribution in [0.4, 0.5) is 0 Å². The van der Waals surface area contributed by atoms with Crippen LogP contribution in [0, 0.1) is 0 Å². The first kappa shape index (κ1) is 25.0. The lowest BCUT2D eigenvalue weighted by molar-refractivity contribution is -0.139. The van der Waals surface area contributed by atoms with E-state index < -0.39 is 12.6 Å². The molecular weight excluding hydrogens is 502 g/mol. The van der Waals surface area contributed by atoms with Gasteiger partial charge < -0.3 is 9.84 Å². The summed E-state index contributed by atoms with van der Waals surface area (Å²) >= 11 is 7.27. The van der Waals surface area contributed by atoms with E-state index in [4.69, 9.17) is 21.4 Å². The van der Waals surface area contributed by atoms with Crippen LogP contribution in [0.1, 0.15) is 5.56 Å². The minimum Gasteiger partial charge on any atom is -0.481 e. The van der Waals surface area contributed by atoms with Crippen LogP contribution in [0.5, 0.6) is 5.75 Å². The van der Waals surface area contributed by atoms with E-state index in [-0.39, 0.29) is 11.7 Å². The number of nitrogens with one attached hydrogen (secondary N) is 1. The molecular formula is C25H20ClN5O4S. The fourth-order valence-corrected chi connectivity index (χ4v) is 4.03. The Morgan fingerprint density at radius 3 is 2.50 bits per heavy atom. The molecule has 36 heavy (non-hydrogen) atoms. The number of aliphatic carboxylic acids is 1. The van der Waals surface area contributed by atoms with Gasteiger partial charge in [0, 0.05) is 21.8 Å². The number of rotatable bonds is 10. The quantitative estimate of drug-likeness (QED) is 0.181. The molecule has 4 aromatic rings. The van der Waals surface area contributed by atoms with Crippen LogP contribution < -0.4 is 10.2 Å². The maximum absolute atomic E-state index is 12.4. The highest BCUT2D eigenvalue weighted by Gasteiger charge is 2.17. The lowest BCUT2D eigenvalue weighted by Crippen LogP contribution is -2.20. The number of carbonyl (C=O) groups excluding carboxylic acids is 1. The van der Waals surface area contributed by atoms with Crippen LogP contribution in [0.25, 0.3) is 17.1 Å². The normalized spacial score (nSPS) is 10.9. The van der Waals surface area contributed by atoms with Crippen molar-refractivity contribution in [3.05, 3.63) is 89.4 Å². The molecule has 0 saturated carbocycles. The van der Waals surface area contributed by atoms with Gasteiger partial charge in [0.1, 0.15) is 5.75 Å². The number of thioether (sulfide) groups is 1. The highest BCUT2D eigenvalue weighted by molar-refractivity contribution is 7.99. The second kappa shape index (κ2) is 12.0. The number of amides is 1. The highest BCUT2D eigenvalue weighted by atomic mass is 35.5. The molecule has 1 heterocycles. The van der Waals surface area contributed by atoms with E-state index in [0.29, 0.717) is 27.3 Å². The second-order valence-electron chi connectivity index (χ2n) is 7.29. The van der Waals surface area contributed by atoms with Crippen molar-refractivity contribution < 1.29 is 19.4 Å². The highest BCUT2D eigenvalue weighted by Crippen LogP contribution is 2.28. The number of hydrogen-bond donors (Lipinski definition) is 2. The molecule has 3 aromatic carbocycles. The molecule has 0 bridgehead atoms. The minimum atomic E-state index is -1.09. The van der Waals surface area contributed by atoms with Gasteiger partial charge in [-0.15, -0.1) is 10.2 Å². The molecule has 0 aliphatic heterocycles. The Balaban J connectivity index is 1.45. The van der Waals surface area contributed by atoms with E-state index in [1.807, 2.05) is 47.0 Å². The number of carbonyl (C=O) groups is 2. The van der Waals surface area contributed by atoms with Crippen LogP contribution in [-0.2, 0) is 9.59 Å². The molecule has 9 nitrogen and oxygen atoms in total. The van der Waals surface area contributed by atoms with Crippen molar-refractivity contribution in [3.63, 3.8) is 0 Å². The van der Waals surface area contributed by atoms with E-state index in [1.165, 1.54) is 18.0 Å². The van der Waals surface area contributed by atoms with E-state index in [9.17, 15) is 9.59 Å². The Hall–Kier alpha value is -4.15. The van der Waals surface area contributed by atoms with Gasteiger partial charge in [0.05, 0.1) is 12.0 Å². The summed E-state index contributed by atoms with van der Waals surface area (Å²) in [6, 6.07) is 23.7. The number of carboxylic acid groups (broad SMARTS) is 1. The molecule has 1 amide bonds. The molecule has 0 radical (unpaired) electrons. The average Bonchev–Trinajstić information content (AvgIpc) is 3.32. The zero-order chi connectivity index (χ0) is 25.3. The predicted molar refractivity (Wildman–Crippen MR) is 138 cm³/mol. The Bertz CT molecular complexity index is 1380. The van der Waals surface area contributed by atoms with Crippen molar-refractivity contribution in [2.75, 3.05) is 12.4 Å². The van der Waals surface area contributed by atoms with Crippen molar-refractivity contribution in [1.82, 2.24) is 20.2 Å². The van der Waals surface area contributed by atoms with Crippen LogP contribution in [0.15, 0.2) is 89.1 Å². The topological polar surface area (TPSA) is 119 Å². The first-order valence-corrected chi connectivity index (χ1v) is 12.0. The number of aromatic nitrogens is 3. The summed E-state index contributed by atoms with van der Waals surface area (Å²) in [4.78, 5) is 23.2. The summed E-state index contributed by atoms with van der Waals surface area (Å²) in [6.45, 7) is -0.479. The smallest absolute Gasteiger partial charge is 0.341 e. The maximum Gasteiger partial charge on any atom is 0.341 e. The predicted octanol–water partition coefficient (Wildman–Crippen LogP) is 4.29. The zero-order valence-corrected chi connectivity index (χ0v) is 20.3. The van der Waals surface area contributed by atoms with Crippen LogP contribution in [-0.4, -0.2) is 50.3 Å². The van der Waals surface area contributed by atoms with Gasteiger partial charge in [-0.2, -0.15) is 5.10 Å². The zero-order valence-electron chi connectivity index (χ0n) is 18.7. The molecule has 0 aliphatic rings. The summed E-state index contributed by atoms with van der Waals surface area (Å²) in [6.07, 6.45) is 1.39. The van der Waals surface area contributed by atoms with E-state index >= 15 is 0 Å². The molecule has 2 N–H and O–H groups in total. The van der Waals surface area contributed by atoms with Gasteiger partial charge in [-0.05, 0) is 36.4 Å². The molecule has 1 aromatic heterocycles. The number of ether oxygens (including phenoxy) is 1. The molecule has 0 atom stereocenters. The van der Waals surface area contributed by atoms with Gasteiger partial charge >= 0.3 is 5.97 Å². The van der Waals surface area contributed by atoms with Gasteiger partial charge in [-0.1, -0.05) is 65.8 Å². The Kier molecular flexibility index (Phi) is 8.32.